The van der Waals surface area contributed by atoms with Crippen molar-refractivity contribution >= 4 is 59.4 Å². The third-order valence-corrected chi connectivity index (χ3v) is 6.59. The molecule has 1 N–H and O–H groups in total. The molecule has 13 heteroatoms. The molecule has 0 bridgehead atoms. The molecule has 2 rings (SSSR count). The molecule has 0 unspecified atom stereocenters. The second-order valence-electron chi connectivity index (χ2n) is 6.17. The maximum atomic E-state index is 11.0. The number of halogens is 3. The Kier molecular flexibility index (Phi) is 13.4. The van der Waals surface area contributed by atoms with Gasteiger partial charge in [-0.3, -0.25) is 9.05 Å². The third kappa shape index (κ3) is 10.6. The van der Waals surface area contributed by atoms with E-state index in [1.807, 2.05) is 19.9 Å². The zero-order valence-corrected chi connectivity index (χ0v) is 22.7. The van der Waals surface area contributed by atoms with Gasteiger partial charge in [0.2, 0.25) is 5.88 Å². The Morgan fingerprint density at radius 1 is 1.09 bits per heavy atom. The second kappa shape index (κ2) is 14.8. The quantitative estimate of drug-likeness (QED) is 0.262. The van der Waals surface area contributed by atoms with Crippen LogP contribution in [0.25, 0.3) is 0 Å². The molecule has 0 aliphatic rings. The van der Waals surface area contributed by atoms with Crippen molar-refractivity contribution in [1.82, 2.24) is 10.3 Å². The van der Waals surface area contributed by atoms with Crippen molar-refractivity contribution in [3.05, 3.63) is 45.5 Å². The predicted molar refractivity (Wildman–Crippen MR) is 135 cm³/mol. The molecule has 0 saturated heterocycles. The largest absolute Gasteiger partial charge is 0.487 e. The van der Waals surface area contributed by atoms with Gasteiger partial charge in [-0.05, 0) is 45.9 Å². The molecule has 1 aromatic carbocycles. The molecule has 0 radical (unpaired) electrons. The number of pyridine rings is 1. The highest BCUT2D eigenvalue weighted by Crippen LogP contribution is 2.51. The molecule has 0 saturated carbocycles. The summed E-state index contributed by atoms with van der Waals surface area (Å²) in [7, 11) is 1.51. The van der Waals surface area contributed by atoms with Crippen molar-refractivity contribution in [2.45, 2.75) is 33.8 Å². The Hall–Kier alpha value is -1.32. The number of nitrogens with zero attached hydrogens (tertiary/aromatic N) is 1. The molecule has 1 heterocycles. The lowest BCUT2D eigenvalue weighted by molar-refractivity contribution is 0.194. The van der Waals surface area contributed by atoms with Gasteiger partial charge >= 0.3 is 12.8 Å². The van der Waals surface area contributed by atoms with E-state index in [0.717, 1.165) is 0 Å². The van der Waals surface area contributed by atoms with Gasteiger partial charge in [-0.1, -0.05) is 46.9 Å². The van der Waals surface area contributed by atoms with E-state index in [4.69, 9.17) is 69.7 Å². The molecule has 0 atom stereocenters. The summed E-state index contributed by atoms with van der Waals surface area (Å²) in [6.07, 6.45) is -0.464. The van der Waals surface area contributed by atoms with E-state index >= 15 is 0 Å². The Morgan fingerprint density at radius 3 is 2.18 bits per heavy atom. The number of hydrogen-bond donors (Lipinski definition) is 1. The highest BCUT2D eigenvalue weighted by Gasteiger charge is 2.24. The molecule has 8 nitrogen and oxygen atoms in total. The lowest BCUT2D eigenvalue weighted by Gasteiger charge is -2.20. The first-order chi connectivity index (χ1) is 15.5. The molecule has 0 spiro atoms. The van der Waals surface area contributed by atoms with Gasteiger partial charge in [-0.2, -0.15) is 4.98 Å². The van der Waals surface area contributed by atoms with Crippen LogP contribution >= 0.6 is 41.5 Å². The summed E-state index contributed by atoms with van der Waals surface area (Å²) in [6, 6.07) is 8.48. The van der Waals surface area contributed by atoms with Crippen LogP contribution in [-0.2, 0) is 20.9 Å². The average Bonchev–Trinajstić information content (AvgIpc) is 2.74. The molecule has 0 fully saturated rings. The summed E-state index contributed by atoms with van der Waals surface area (Å²) in [4.78, 5) is 14.9. The number of carbonyl (C=O) groups is 1. The minimum Gasteiger partial charge on any atom is -0.487 e. The number of hydrogen-bond acceptors (Lipinski definition) is 8. The summed E-state index contributed by atoms with van der Waals surface area (Å²) < 4.78 is 26.6. The number of benzene rings is 1. The van der Waals surface area contributed by atoms with Gasteiger partial charge in [-0.25, -0.2) is 4.79 Å². The van der Waals surface area contributed by atoms with Gasteiger partial charge in [0.05, 0.1) is 24.3 Å². The van der Waals surface area contributed by atoms with Crippen LogP contribution in [0.5, 0.6) is 17.4 Å². The fourth-order valence-electron chi connectivity index (χ4n) is 2.04. The summed E-state index contributed by atoms with van der Waals surface area (Å²) in [5.41, 5.74) is 0. The molecular formula is C20H26Cl3N2O6PS. The zero-order valence-electron chi connectivity index (χ0n) is 18.8. The minimum absolute atomic E-state index is 0.0411. The molecule has 33 heavy (non-hydrogen) atoms. The highest BCUT2D eigenvalue weighted by atomic mass is 35.5. The van der Waals surface area contributed by atoms with Crippen molar-refractivity contribution < 1.29 is 27.8 Å². The highest BCUT2D eigenvalue weighted by molar-refractivity contribution is 8.07. The van der Waals surface area contributed by atoms with Crippen molar-refractivity contribution in [1.29, 1.82) is 0 Å². The van der Waals surface area contributed by atoms with Gasteiger partial charge in [-0.15, -0.1) is 0 Å². The van der Waals surface area contributed by atoms with E-state index in [1.165, 1.54) is 13.1 Å². The summed E-state index contributed by atoms with van der Waals surface area (Å²) in [5.74, 6) is 1.04. The Bertz CT molecular complexity index is 957. The van der Waals surface area contributed by atoms with Crippen LogP contribution in [0.1, 0.15) is 27.7 Å². The van der Waals surface area contributed by atoms with Gasteiger partial charge in [0.15, 0.2) is 16.7 Å². The lowest BCUT2D eigenvalue weighted by atomic mass is 10.3. The van der Waals surface area contributed by atoms with Crippen LogP contribution in [0.15, 0.2) is 30.3 Å². The van der Waals surface area contributed by atoms with E-state index in [-0.39, 0.29) is 27.2 Å². The van der Waals surface area contributed by atoms with Crippen LogP contribution < -0.4 is 19.3 Å². The third-order valence-electron chi connectivity index (χ3n) is 3.25. The van der Waals surface area contributed by atoms with Crippen LogP contribution in [0.2, 0.25) is 15.2 Å². The van der Waals surface area contributed by atoms with Crippen LogP contribution in [-0.4, -0.2) is 37.4 Å². The number of para-hydroxylation sites is 2. The fourth-order valence-corrected chi connectivity index (χ4v) is 4.63. The monoisotopic (exact) mass is 558 g/mol. The topological polar surface area (TPSA) is 88.1 Å². The first-order valence-electron chi connectivity index (χ1n) is 9.80. The van der Waals surface area contributed by atoms with E-state index in [0.29, 0.717) is 24.7 Å². The molecule has 184 valence electrons. The SMILES string of the molecule is CCOP(=S)(OCC)Oc1nc(Cl)c(Cl)cc1Cl.CNC(=O)Oc1ccccc1OC(C)C. The first-order valence-corrected chi connectivity index (χ1v) is 13.5. The normalized spacial score (nSPS) is 10.8. The average molecular weight is 560 g/mol. The van der Waals surface area contributed by atoms with Crippen LogP contribution in [0, 0.1) is 0 Å². The first kappa shape index (κ1) is 29.7. The van der Waals surface area contributed by atoms with E-state index in [9.17, 15) is 4.79 Å². The summed E-state index contributed by atoms with van der Waals surface area (Å²) in [6.45, 7) is 5.19. The van der Waals surface area contributed by atoms with Crippen molar-refractivity contribution in [3.8, 4) is 17.4 Å². The Morgan fingerprint density at radius 2 is 1.67 bits per heavy atom. The van der Waals surface area contributed by atoms with Crippen LogP contribution in [0.3, 0.4) is 0 Å². The Balaban J connectivity index is 0.000000335. The number of nitrogens with one attached hydrogen (secondary N) is 1. The molecule has 1 amide bonds. The summed E-state index contributed by atoms with van der Waals surface area (Å²) in [5, 5.41) is 2.88. The summed E-state index contributed by atoms with van der Waals surface area (Å²) >= 11 is 22.7. The molecule has 1 aromatic heterocycles. The maximum absolute atomic E-state index is 11.0. The van der Waals surface area contributed by atoms with Gasteiger partial charge in [0.1, 0.15) is 5.02 Å². The van der Waals surface area contributed by atoms with Crippen molar-refractivity contribution in [3.63, 3.8) is 0 Å². The molecule has 0 aliphatic carbocycles. The molecule has 2 aromatic rings. The number of amides is 1. The number of aromatic nitrogens is 1. The van der Waals surface area contributed by atoms with Gasteiger partial charge in [0.25, 0.3) is 0 Å². The lowest BCUT2D eigenvalue weighted by Crippen LogP contribution is -2.22. The maximum Gasteiger partial charge on any atom is 0.412 e. The van der Waals surface area contributed by atoms with E-state index in [2.05, 4.69) is 10.3 Å². The van der Waals surface area contributed by atoms with Gasteiger partial charge in [0, 0.05) is 18.9 Å². The van der Waals surface area contributed by atoms with Gasteiger partial charge < -0.3 is 19.3 Å². The fraction of sp³-hybridized carbons (Fsp3) is 0.400. The second-order valence-corrected chi connectivity index (χ2v) is 10.3. The minimum atomic E-state index is -2.92. The van der Waals surface area contributed by atoms with Crippen molar-refractivity contribution in [2.75, 3.05) is 20.3 Å². The van der Waals surface area contributed by atoms with E-state index < -0.39 is 12.8 Å². The standard InChI is InChI=1S/C11H15NO3.C9H11Cl3NO3PS/c1-8(2)14-9-6-4-5-7-10(9)15-11(13)12-3;1-3-14-17(18,15-4-2)16-9-7(11)5-6(10)8(12)13-9/h4-8H,1-3H3,(H,12,13);5H,3-4H2,1-2H3. The number of rotatable bonds is 9. The molecular weight excluding hydrogens is 534 g/mol. The predicted octanol–water partition coefficient (Wildman–Crippen LogP) is 6.91. The number of carbonyl (C=O) groups excluding carboxylic acids is 1. The smallest absolute Gasteiger partial charge is 0.412 e. The zero-order chi connectivity index (χ0) is 25.0. The van der Waals surface area contributed by atoms with Crippen molar-refractivity contribution in [2.24, 2.45) is 0 Å². The van der Waals surface area contributed by atoms with E-state index in [1.54, 1.807) is 32.0 Å². The Labute approximate surface area is 214 Å². The molecule has 0 aliphatic heterocycles. The number of ether oxygens (including phenoxy) is 2. The van der Waals surface area contributed by atoms with Crippen LogP contribution in [0.4, 0.5) is 4.79 Å².